The van der Waals surface area contributed by atoms with E-state index in [9.17, 15) is 4.79 Å². The van der Waals surface area contributed by atoms with Gasteiger partial charge < -0.3 is 15.8 Å². The first-order valence-electron chi connectivity index (χ1n) is 5.39. The van der Waals surface area contributed by atoms with Crippen LogP contribution in [-0.2, 0) is 24.1 Å². The van der Waals surface area contributed by atoms with Crippen molar-refractivity contribution >= 4 is 18.8 Å². The zero-order valence-electron chi connectivity index (χ0n) is 10.1. The Balaban J connectivity index is 0.00000121. The van der Waals surface area contributed by atoms with Crippen molar-refractivity contribution < 1.29 is 9.90 Å². The zero-order valence-corrected chi connectivity index (χ0v) is 11.0. The number of imidazole rings is 1. The highest BCUT2D eigenvalue weighted by atomic mass is 32.1. The number of carboxylic acids is 1. The average Bonchev–Trinajstić information content (AvgIpc) is 2.73. The van der Waals surface area contributed by atoms with Crippen molar-refractivity contribution in [3.8, 4) is 0 Å². The molecule has 1 aromatic rings. The first-order valence-corrected chi connectivity index (χ1v) is 5.90. The third kappa shape index (κ3) is 4.76. The molecule has 1 atom stereocenters. The molecule has 0 amide bonds. The minimum atomic E-state index is -0.998. The fraction of sp³-hybridized carbons (Fsp3) is 0.600. The molecule has 0 saturated carbocycles. The topological polar surface area (TPSA) is 118 Å². The van der Waals surface area contributed by atoms with Crippen molar-refractivity contribution in [1.29, 1.82) is 0 Å². The van der Waals surface area contributed by atoms with E-state index in [2.05, 4.69) is 27.9 Å². The van der Waals surface area contributed by atoms with E-state index in [1.165, 1.54) is 0 Å². The van der Waals surface area contributed by atoms with Gasteiger partial charge >= 0.3 is 5.97 Å². The van der Waals surface area contributed by atoms with Crippen LogP contribution in [-0.4, -0.2) is 27.1 Å². The number of hydrogen-bond donors (Lipinski definition) is 5. The molecule has 17 heavy (non-hydrogen) atoms. The highest BCUT2D eigenvalue weighted by Gasteiger charge is 2.15. The molecule has 1 aromatic heterocycles. The molecule has 0 aliphatic carbocycles. The van der Waals surface area contributed by atoms with Crippen LogP contribution in [0.3, 0.4) is 0 Å². The number of thiol groups is 1. The van der Waals surface area contributed by atoms with Crippen LogP contribution < -0.4 is 10.9 Å². The van der Waals surface area contributed by atoms with Crippen LogP contribution in [0.25, 0.3) is 0 Å². The number of carbonyl (C=O) groups is 1. The lowest BCUT2D eigenvalue weighted by atomic mass is 10.2. The number of aromatic amines is 1. The van der Waals surface area contributed by atoms with Crippen LogP contribution in [0.1, 0.15) is 31.1 Å². The minimum Gasteiger partial charge on any atom is -0.480 e. The molecule has 0 saturated heterocycles. The molecule has 6 N–H and O–H groups in total. The predicted octanol–water partition coefficient (Wildman–Crippen LogP) is 0.279. The molecule has 0 aliphatic heterocycles. The molecule has 0 spiro atoms. The monoisotopic (exact) mass is 260 g/mol. The molecule has 0 aliphatic rings. The number of aromatic nitrogens is 2. The Hall–Kier alpha value is -1.05. The van der Waals surface area contributed by atoms with Crippen LogP contribution in [0.15, 0.2) is 0 Å². The fourth-order valence-electron chi connectivity index (χ4n) is 1.48. The van der Waals surface area contributed by atoms with E-state index in [1.807, 2.05) is 13.8 Å². The van der Waals surface area contributed by atoms with Crippen molar-refractivity contribution in [2.24, 2.45) is 10.9 Å². The van der Waals surface area contributed by atoms with Gasteiger partial charge in [0.1, 0.15) is 11.9 Å². The summed E-state index contributed by atoms with van der Waals surface area (Å²) in [7, 11) is 0. The maximum Gasteiger partial charge on any atom is 0.320 e. The maximum atomic E-state index is 10.6. The highest BCUT2D eigenvalue weighted by molar-refractivity contribution is 7.77. The summed E-state index contributed by atoms with van der Waals surface area (Å²) in [5.74, 6) is -0.332. The lowest BCUT2D eigenvalue weighted by Gasteiger charge is -2.02. The lowest BCUT2D eigenvalue weighted by Crippen LogP contribution is -2.32. The highest BCUT2D eigenvalue weighted by Crippen LogP contribution is 2.09. The number of nitrogens with two attached hydrogens (primary N) is 2. The molecule has 6 nitrogen and oxygen atoms in total. The summed E-state index contributed by atoms with van der Waals surface area (Å²) in [5, 5.41) is 12.9. The summed E-state index contributed by atoms with van der Waals surface area (Å²) in [5.41, 5.74) is 7.51. The minimum absolute atomic E-state index is 0.252. The van der Waals surface area contributed by atoms with Gasteiger partial charge in [0, 0.05) is 12.1 Å². The molecule has 7 heteroatoms. The average molecular weight is 260 g/mol. The third-order valence-corrected chi connectivity index (χ3v) is 2.33. The van der Waals surface area contributed by atoms with Crippen LogP contribution in [0.2, 0.25) is 0 Å². The van der Waals surface area contributed by atoms with E-state index in [4.69, 9.17) is 10.8 Å². The molecule has 0 radical (unpaired) electrons. The molecule has 1 unspecified atom stereocenters. The first kappa shape index (κ1) is 16.0. The van der Waals surface area contributed by atoms with Crippen molar-refractivity contribution in [3.05, 3.63) is 17.2 Å². The largest absolute Gasteiger partial charge is 0.480 e. The summed E-state index contributed by atoms with van der Waals surface area (Å²) >= 11 is 3.03. The van der Waals surface area contributed by atoms with Gasteiger partial charge in [-0.1, -0.05) is 13.8 Å². The fourth-order valence-corrected chi connectivity index (χ4v) is 1.48. The van der Waals surface area contributed by atoms with E-state index >= 15 is 0 Å². The molecule has 98 valence electrons. The van der Waals surface area contributed by atoms with Crippen LogP contribution in [0, 0.1) is 0 Å². The van der Waals surface area contributed by atoms with Crippen molar-refractivity contribution in [2.45, 2.75) is 39.2 Å². The molecule has 1 rings (SSSR count). The Morgan fingerprint density at radius 1 is 1.47 bits per heavy atom. The van der Waals surface area contributed by atoms with E-state index < -0.39 is 12.0 Å². The summed E-state index contributed by atoms with van der Waals surface area (Å²) in [6, 6.07) is -0.884. The third-order valence-electron chi connectivity index (χ3n) is 2.33. The first-order chi connectivity index (χ1) is 8.08. The number of aliphatic carboxylic acids is 1. The molecule has 0 bridgehead atoms. The van der Waals surface area contributed by atoms with E-state index in [-0.39, 0.29) is 6.42 Å². The number of H-pyrrole nitrogens is 1. The summed E-state index contributed by atoms with van der Waals surface area (Å²) in [6.45, 7) is 4.06. The second-order valence-electron chi connectivity index (χ2n) is 3.46. The SMILES string of the molecule is CCc1nc(CC(N)C(=O)O)[nH]c1CC.NS. The Morgan fingerprint density at radius 2 is 2.06 bits per heavy atom. The van der Waals surface area contributed by atoms with Gasteiger partial charge in [-0.3, -0.25) is 9.93 Å². The lowest BCUT2D eigenvalue weighted by molar-refractivity contribution is -0.138. The normalized spacial score (nSPS) is 11.6. The van der Waals surface area contributed by atoms with Crippen molar-refractivity contribution in [3.63, 3.8) is 0 Å². The number of nitrogens with one attached hydrogen (secondary N) is 1. The molecule has 1 heterocycles. The van der Waals surface area contributed by atoms with Gasteiger partial charge in [0.15, 0.2) is 0 Å². The Labute approximate surface area is 106 Å². The Kier molecular flexibility index (Phi) is 7.60. The van der Waals surface area contributed by atoms with Gasteiger partial charge in [0.2, 0.25) is 0 Å². The van der Waals surface area contributed by atoms with Crippen LogP contribution in [0.5, 0.6) is 0 Å². The molecule has 0 aromatic carbocycles. The van der Waals surface area contributed by atoms with Gasteiger partial charge in [0.05, 0.1) is 5.69 Å². The van der Waals surface area contributed by atoms with Crippen LogP contribution >= 0.6 is 12.8 Å². The second-order valence-corrected chi connectivity index (χ2v) is 3.46. The van der Waals surface area contributed by atoms with Crippen LogP contribution in [0.4, 0.5) is 0 Å². The molecular formula is C10H20N4O2S. The quantitative estimate of drug-likeness (QED) is 0.487. The standard InChI is InChI=1S/C10H17N3O2.H3NS/c1-3-7-8(4-2)13-9(12-7)5-6(11)10(14)15;1-2/h6H,3-5,11H2,1-2H3,(H,12,13)(H,14,15);2H,1H2. The van der Waals surface area contributed by atoms with Gasteiger partial charge in [-0.15, -0.1) is 12.8 Å². The van der Waals surface area contributed by atoms with E-state index in [0.29, 0.717) is 5.82 Å². The summed E-state index contributed by atoms with van der Waals surface area (Å²) in [6.07, 6.45) is 1.97. The van der Waals surface area contributed by atoms with E-state index in [1.54, 1.807) is 0 Å². The maximum absolute atomic E-state index is 10.6. The summed E-state index contributed by atoms with van der Waals surface area (Å²) < 4.78 is 0. The Bertz CT molecular complexity index is 333. The van der Waals surface area contributed by atoms with Crippen molar-refractivity contribution in [1.82, 2.24) is 9.97 Å². The predicted molar refractivity (Wildman–Crippen MR) is 69.8 cm³/mol. The zero-order chi connectivity index (χ0) is 13.4. The molecular weight excluding hydrogens is 240 g/mol. The smallest absolute Gasteiger partial charge is 0.320 e. The number of carboxylic acid groups (broad SMARTS) is 1. The number of aryl methyl sites for hydroxylation is 2. The van der Waals surface area contributed by atoms with Crippen molar-refractivity contribution in [2.75, 3.05) is 0 Å². The van der Waals surface area contributed by atoms with Gasteiger partial charge in [0.25, 0.3) is 0 Å². The molecule has 0 fully saturated rings. The number of hydrogen-bond acceptors (Lipinski definition) is 5. The summed E-state index contributed by atoms with van der Waals surface area (Å²) in [4.78, 5) is 18.0. The van der Waals surface area contributed by atoms with Gasteiger partial charge in [-0.05, 0) is 12.8 Å². The Morgan fingerprint density at radius 3 is 2.41 bits per heavy atom. The number of nitrogens with zero attached hydrogens (tertiary/aromatic N) is 1. The second kappa shape index (κ2) is 8.10. The van der Waals surface area contributed by atoms with Gasteiger partial charge in [-0.25, -0.2) is 4.98 Å². The number of rotatable bonds is 5. The van der Waals surface area contributed by atoms with E-state index in [0.717, 1.165) is 24.2 Å². The van der Waals surface area contributed by atoms with Gasteiger partial charge in [-0.2, -0.15) is 0 Å².